The summed E-state index contributed by atoms with van der Waals surface area (Å²) in [6.07, 6.45) is 9.80. The molecular formula is C26H25ClFN3O. The SMILES string of the molecule is O=C(Nc1ccc(Cl)cn1)C1([C@H]2C[C@H]3C[C@@H](c4ccnc5ccc(F)cc45)C[C@H]3C2)CC1. The van der Waals surface area contributed by atoms with Gasteiger partial charge in [-0.3, -0.25) is 9.78 Å². The van der Waals surface area contributed by atoms with Gasteiger partial charge < -0.3 is 5.32 Å². The van der Waals surface area contributed by atoms with E-state index in [1.165, 1.54) is 11.6 Å². The molecule has 6 heteroatoms. The number of amides is 1. The van der Waals surface area contributed by atoms with Crippen molar-refractivity contribution in [2.45, 2.75) is 44.4 Å². The van der Waals surface area contributed by atoms with Crippen molar-refractivity contribution < 1.29 is 9.18 Å². The number of pyridine rings is 2. The normalized spacial score (nSPS) is 27.9. The van der Waals surface area contributed by atoms with Crippen LogP contribution in [0.2, 0.25) is 5.02 Å². The molecule has 0 unspecified atom stereocenters. The third-order valence-corrected chi connectivity index (χ3v) is 8.41. The molecular weight excluding hydrogens is 425 g/mol. The predicted molar refractivity (Wildman–Crippen MR) is 123 cm³/mol. The van der Waals surface area contributed by atoms with E-state index >= 15 is 0 Å². The van der Waals surface area contributed by atoms with Crippen LogP contribution in [-0.2, 0) is 4.79 Å². The van der Waals surface area contributed by atoms with E-state index < -0.39 is 0 Å². The Kier molecular flexibility index (Phi) is 4.72. The first-order valence-corrected chi connectivity index (χ1v) is 11.9. The number of aromatic nitrogens is 2. The molecule has 3 aliphatic carbocycles. The molecule has 4 nitrogen and oxygen atoms in total. The van der Waals surface area contributed by atoms with E-state index in [4.69, 9.17) is 11.6 Å². The second-order valence-corrected chi connectivity index (χ2v) is 10.3. The Labute approximate surface area is 191 Å². The van der Waals surface area contributed by atoms with Crippen LogP contribution in [0.5, 0.6) is 0 Å². The number of benzene rings is 1. The van der Waals surface area contributed by atoms with Gasteiger partial charge >= 0.3 is 0 Å². The van der Waals surface area contributed by atoms with Gasteiger partial charge in [0.2, 0.25) is 5.91 Å². The second kappa shape index (κ2) is 7.51. The fraction of sp³-hybridized carbons (Fsp3) is 0.423. The van der Waals surface area contributed by atoms with Gasteiger partial charge in [0.15, 0.2) is 0 Å². The molecule has 1 aromatic carbocycles. The van der Waals surface area contributed by atoms with Gasteiger partial charge in [0.25, 0.3) is 0 Å². The zero-order valence-electron chi connectivity index (χ0n) is 17.7. The van der Waals surface area contributed by atoms with Crippen LogP contribution in [0.15, 0.2) is 48.8 Å². The molecule has 0 bridgehead atoms. The number of fused-ring (bicyclic) bond motifs is 2. The van der Waals surface area contributed by atoms with Crippen molar-refractivity contribution in [2.75, 3.05) is 5.32 Å². The number of halogens is 2. The summed E-state index contributed by atoms with van der Waals surface area (Å²) in [7, 11) is 0. The first-order valence-electron chi connectivity index (χ1n) is 11.5. The highest BCUT2D eigenvalue weighted by atomic mass is 35.5. The number of carbonyl (C=O) groups is 1. The van der Waals surface area contributed by atoms with Gasteiger partial charge in [-0.15, -0.1) is 0 Å². The van der Waals surface area contributed by atoms with Crippen molar-refractivity contribution >= 4 is 34.2 Å². The summed E-state index contributed by atoms with van der Waals surface area (Å²) in [5.74, 6) is 2.64. The first kappa shape index (κ1) is 20.1. The van der Waals surface area contributed by atoms with Gasteiger partial charge in [0.05, 0.1) is 16.0 Å². The average molecular weight is 450 g/mol. The highest BCUT2D eigenvalue weighted by Gasteiger charge is 2.59. The molecule has 0 radical (unpaired) electrons. The highest BCUT2D eigenvalue weighted by molar-refractivity contribution is 6.30. The largest absolute Gasteiger partial charge is 0.310 e. The lowest BCUT2D eigenvalue weighted by atomic mass is 9.83. The third-order valence-electron chi connectivity index (χ3n) is 8.18. The van der Waals surface area contributed by atoms with Gasteiger partial charge in [0.1, 0.15) is 11.6 Å². The van der Waals surface area contributed by atoms with E-state index in [1.54, 1.807) is 30.5 Å². The van der Waals surface area contributed by atoms with E-state index in [0.29, 0.717) is 34.5 Å². The monoisotopic (exact) mass is 449 g/mol. The molecule has 2 aromatic heterocycles. The van der Waals surface area contributed by atoms with Crippen LogP contribution >= 0.6 is 11.6 Å². The molecule has 164 valence electrons. The minimum absolute atomic E-state index is 0.115. The molecule has 4 atom stereocenters. The second-order valence-electron chi connectivity index (χ2n) is 9.89. The summed E-state index contributed by atoms with van der Waals surface area (Å²) < 4.78 is 13.9. The van der Waals surface area contributed by atoms with Gasteiger partial charge in [-0.1, -0.05) is 11.6 Å². The first-order chi connectivity index (χ1) is 15.5. The van der Waals surface area contributed by atoms with Gasteiger partial charge in [-0.25, -0.2) is 9.37 Å². The molecule has 2 heterocycles. The highest BCUT2D eigenvalue weighted by Crippen LogP contribution is 2.63. The number of rotatable bonds is 4. The standard InChI is InChI=1S/C26H25ClFN3O/c27-19-1-4-24(30-14-19)31-25(32)26(6-7-26)18-11-15-9-17(10-16(15)12-18)21-5-8-29-23-3-2-20(28)13-22(21)23/h1-5,8,13-18H,6-7,9-12H2,(H,30,31,32)/t15-,16+,17-,18+. The van der Waals surface area contributed by atoms with Gasteiger partial charge in [0, 0.05) is 17.8 Å². The van der Waals surface area contributed by atoms with Crippen LogP contribution in [-0.4, -0.2) is 15.9 Å². The van der Waals surface area contributed by atoms with Crippen molar-refractivity contribution in [1.29, 1.82) is 0 Å². The fourth-order valence-corrected chi connectivity index (χ4v) is 6.58. The molecule has 0 saturated heterocycles. The summed E-state index contributed by atoms with van der Waals surface area (Å²) in [5, 5.41) is 4.53. The Balaban J connectivity index is 1.16. The van der Waals surface area contributed by atoms with Crippen molar-refractivity contribution in [3.63, 3.8) is 0 Å². The molecule has 3 saturated carbocycles. The van der Waals surface area contributed by atoms with E-state index in [-0.39, 0.29) is 17.1 Å². The summed E-state index contributed by atoms with van der Waals surface area (Å²) in [5.41, 5.74) is 1.87. The van der Waals surface area contributed by atoms with Crippen LogP contribution in [0.4, 0.5) is 10.2 Å². The third kappa shape index (κ3) is 3.38. The summed E-state index contributed by atoms with van der Waals surface area (Å²) >= 11 is 5.91. The zero-order valence-corrected chi connectivity index (χ0v) is 18.5. The molecule has 6 rings (SSSR count). The molecule has 3 aromatic rings. The van der Waals surface area contributed by atoms with Crippen molar-refractivity contribution in [2.24, 2.45) is 23.2 Å². The minimum atomic E-state index is -0.229. The lowest BCUT2D eigenvalue weighted by molar-refractivity contribution is -0.123. The maximum atomic E-state index is 13.9. The van der Waals surface area contributed by atoms with Crippen LogP contribution in [0, 0.1) is 29.0 Å². The van der Waals surface area contributed by atoms with E-state index in [9.17, 15) is 9.18 Å². The van der Waals surface area contributed by atoms with Crippen LogP contribution in [0.25, 0.3) is 10.9 Å². The van der Waals surface area contributed by atoms with Crippen LogP contribution < -0.4 is 5.32 Å². The summed E-state index contributed by atoms with van der Waals surface area (Å²) in [6.45, 7) is 0. The van der Waals surface area contributed by atoms with Crippen LogP contribution in [0.1, 0.15) is 50.0 Å². The molecule has 0 spiro atoms. The van der Waals surface area contributed by atoms with Crippen LogP contribution in [0.3, 0.4) is 0 Å². The summed E-state index contributed by atoms with van der Waals surface area (Å²) in [4.78, 5) is 21.8. The Morgan fingerprint density at radius 3 is 2.50 bits per heavy atom. The zero-order chi connectivity index (χ0) is 21.9. The molecule has 1 amide bonds. The smallest absolute Gasteiger partial charge is 0.232 e. The topological polar surface area (TPSA) is 54.9 Å². The Morgan fingerprint density at radius 1 is 1.03 bits per heavy atom. The number of carbonyl (C=O) groups excluding carboxylic acids is 1. The number of nitrogens with zero attached hydrogens (tertiary/aromatic N) is 2. The number of hydrogen-bond donors (Lipinski definition) is 1. The maximum absolute atomic E-state index is 13.9. The Hall–Kier alpha value is -2.53. The lowest BCUT2D eigenvalue weighted by Crippen LogP contribution is -2.30. The van der Waals surface area contributed by atoms with Crippen molar-refractivity contribution in [3.8, 4) is 0 Å². The maximum Gasteiger partial charge on any atom is 0.232 e. The molecule has 3 fully saturated rings. The number of anilines is 1. The fourth-order valence-electron chi connectivity index (χ4n) is 6.46. The van der Waals surface area contributed by atoms with Crippen molar-refractivity contribution in [1.82, 2.24) is 9.97 Å². The molecule has 0 aliphatic heterocycles. The van der Waals surface area contributed by atoms with E-state index in [1.807, 2.05) is 6.20 Å². The Bertz CT molecular complexity index is 1180. The van der Waals surface area contributed by atoms with Gasteiger partial charge in [-0.2, -0.15) is 0 Å². The molecule has 1 N–H and O–H groups in total. The number of nitrogens with one attached hydrogen (secondary N) is 1. The number of hydrogen-bond acceptors (Lipinski definition) is 3. The summed E-state index contributed by atoms with van der Waals surface area (Å²) in [6, 6.07) is 10.4. The average Bonchev–Trinajstić information content (AvgIpc) is 3.36. The van der Waals surface area contributed by atoms with Crippen molar-refractivity contribution in [3.05, 3.63) is 65.2 Å². The predicted octanol–water partition coefficient (Wildman–Crippen LogP) is 6.36. The lowest BCUT2D eigenvalue weighted by Gasteiger charge is -2.24. The van der Waals surface area contributed by atoms with E-state index in [2.05, 4.69) is 21.4 Å². The Morgan fingerprint density at radius 2 is 1.81 bits per heavy atom. The van der Waals surface area contributed by atoms with E-state index in [0.717, 1.165) is 49.4 Å². The molecule has 3 aliphatic rings. The minimum Gasteiger partial charge on any atom is -0.310 e. The quantitative estimate of drug-likeness (QED) is 0.504. The van der Waals surface area contributed by atoms with Gasteiger partial charge in [-0.05, 0) is 104 Å². The molecule has 32 heavy (non-hydrogen) atoms.